The van der Waals surface area contributed by atoms with Crippen LogP contribution in [0.4, 0.5) is 13.2 Å². The van der Waals surface area contributed by atoms with Crippen molar-refractivity contribution < 1.29 is 32.2 Å². The second-order valence-corrected chi connectivity index (χ2v) is 16.9. The lowest BCUT2D eigenvalue weighted by atomic mass is 9.74. The van der Waals surface area contributed by atoms with E-state index in [9.17, 15) is 18.0 Å². The zero-order valence-corrected chi connectivity index (χ0v) is 31.3. The normalized spacial score (nSPS) is 18.0. The molecular weight excluding hydrogens is 569 g/mol. The first-order chi connectivity index (χ1) is 19.3. The number of rotatable bonds is 20. The minimum atomic E-state index is -3.85. The SMILES string of the molecule is CC(CC(C)(C)OCC(C)C(C)C(C)OCCC(C)(C)C(C)(C)OCC(C)C(C)(C)N)NC(=O)C(C)(C)C(F)(F)C(C)(C)F. The smallest absolute Gasteiger partial charge is 0.294 e. The van der Waals surface area contributed by atoms with Crippen molar-refractivity contribution in [2.75, 3.05) is 19.8 Å². The average molecular weight is 639 g/mol. The maximum Gasteiger partial charge on any atom is 0.294 e. The fourth-order valence-corrected chi connectivity index (χ4v) is 4.80. The molecule has 264 valence electrons. The van der Waals surface area contributed by atoms with Crippen molar-refractivity contribution in [3.8, 4) is 0 Å². The van der Waals surface area contributed by atoms with Gasteiger partial charge in [-0.3, -0.25) is 4.79 Å². The molecule has 0 spiro atoms. The number of carbonyl (C=O) groups excluding carboxylic acids is 1. The largest absolute Gasteiger partial charge is 0.378 e. The third kappa shape index (κ3) is 12.0. The van der Waals surface area contributed by atoms with Crippen molar-refractivity contribution in [3.05, 3.63) is 0 Å². The average Bonchev–Trinajstić information content (AvgIpc) is 2.83. The number of hydrogen-bond acceptors (Lipinski definition) is 5. The number of ether oxygens (including phenoxy) is 3. The van der Waals surface area contributed by atoms with Crippen LogP contribution in [0.15, 0.2) is 0 Å². The van der Waals surface area contributed by atoms with Crippen molar-refractivity contribution in [3.63, 3.8) is 0 Å². The van der Waals surface area contributed by atoms with E-state index in [0.717, 1.165) is 34.1 Å². The standard InChI is InChI=1S/C35H69F3N2O4/c1-23(21-43-30(8,9)20-25(3)40-28(41)31(10,11)35(37,38)33(14,15)36)26(4)27(5)42-19-18-29(6,7)34(16,17)44-22-24(2)32(12,13)39/h23-27H,18-22,39H2,1-17H3,(H,40,41). The number of nitrogens with two attached hydrogens (primary N) is 1. The molecule has 5 unspecified atom stereocenters. The predicted molar refractivity (Wildman–Crippen MR) is 176 cm³/mol. The molecule has 5 atom stereocenters. The zero-order valence-electron chi connectivity index (χ0n) is 31.3. The summed E-state index contributed by atoms with van der Waals surface area (Å²) in [4.78, 5) is 12.8. The Morgan fingerprint density at radius 2 is 1.30 bits per heavy atom. The molecule has 0 aromatic carbocycles. The van der Waals surface area contributed by atoms with Crippen LogP contribution < -0.4 is 11.1 Å². The first kappa shape index (κ1) is 43.1. The van der Waals surface area contributed by atoms with Gasteiger partial charge < -0.3 is 25.3 Å². The number of amides is 1. The molecule has 0 saturated carbocycles. The molecule has 0 aliphatic rings. The van der Waals surface area contributed by atoms with Gasteiger partial charge in [0.15, 0.2) is 5.67 Å². The van der Waals surface area contributed by atoms with Gasteiger partial charge in [0.25, 0.3) is 5.92 Å². The van der Waals surface area contributed by atoms with Crippen molar-refractivity contribution in [1.82, 2.24) is 5.32 Å². The summed E-state index contributed by atoms with van der Waals surface area (Å²) in [6.45, 7) is 32.2. The Labute approximate surface area is 268 Å². The van der Waals surface area contributed by atoms with Gasteiger partial charge in [-0.1, -0.05) is 34.6 Å². The Bertz CT molecular complexity index is 891. The van der Waals surface area contributed by atoms with E-state index in [0.29, 0.717) is 26.2 Å². The van der Waals surface area contributed by atoms with Crippen LogP contribution in [0.3, 0.4) is 0 Å². The molecule has 0 rings (SSSR count). The summed E-state index contributed by atoms with van der Waals surface area (Å²) in [5.74, 6) is -4.11. The molecule has 9 heteroatoms. The highest BCUT2D eigenvalue weighted by atomic mass is 19.3. The fraction of sp³-hybridized carbons (Fsp3) is 0.971. The second kappa shape index (κ2) is 15.3. The highest BCUT2D eigenvalue weighted by molar-refractivity contribution is 5.83. The fourth-order valence-electron chi connectivity index (χ4n) is 4.80. The highest BCUT2D eigenvalue weighted by Gasteiger charge is 2.62. The third-order valence-corrected chi connectivity index (χ3v) is 10.4. The monoisotopic (exact) mass is 639 g/mol. The molecule has 0 saturated heterocycles. The Morgan fingerprint density at radius 1 is 0.795 bits per heavy atom. The van der Waals surface area contributed by atoms with E-state index in [4.69, 9.17) is 19.9 Å². The Balaban J connectivity index is 4.92. The lowest BCUT2D eigenvalue weighted by molar-refractivity contribution is -0.198. The quantitative estimate of drug-likeness (QED) is 0.140. The lowest BCUT2D eigenvalue weighted by Crippen LogP contribution is -2.58. The van der Waals surface area contributed by atoms with Crippen LogP contribution >= 0.6 is 0 Å². The minimum absolute atomic E-state index is 0.0106. The molecule has 0 aliphatic heterocycles. The molecule has 0 aliphatic carbocycles. The summed E-state index contributed by atoms with van der Waals surface area (Å²) in [5, 5.41) is 2.65. The van der Waals surface area contributed by atoms with Gasteiger partial charge in [0, 0.05) is 18.2 Å². The van der Waals surface area contributed by atoms with Gasteiger partial charge in [0.05, 0.1) is 30.5 Å². The molecule has 0 radical (unpaired) electrons. The number of alkyl halides is 3. The van der Waals surface area contributed by atoms with E-state index in [-0.39, 0.29) is 40.4 Å². The van der Waals surface area contributed by atoms with E-state index >= 15 is 0 Å². The summed E-state index contributed by atoms with van der Waals surface area (Å²) < 4.78 is 62.5. The van der Waals surface area contributed by atoms with Crippen LogP contribution in [-0.2, 0) is 19.0 Å². The van der Waals surface area contributed by atoms with E-state index in [1.807, 2.05) is 27.7 Å². The minimum Gasteiger partial charge on any atom is -0.378 e. The van der Waals surface area contributed by atoms with Crippen LogP contribution in [0.5, 0.6) is 0 Å². The molecule has 0 bridgehead atoms. The topological polar surface area (TPSA) is 82.8 Å². The Morgan fingerprint density at radius 3 is 1.75 bits per heavy atom. The van der Waals surface area contributed by atoms with E-state index < -0.39 is 34.6 Å². The first-order valence-corrected chi connectivity index (χ1v) is 16.4. The van der Waals surface area contributed by atoms with E-state index in [2.05, 4.69) is 60.7 Å². The van der Waals surface area contributed by atoms with Crippen molar-refractivity contribution in [1.29, 1.82) is 0 Å². The molecule has 0 fully saturated rings. The molecule has 3 N–H and O–H groups in total. The molecule has 0 heterocycles. The number of carbonyl (C=O) groups is 1. The Hall–Kier alpha value is -0.900. The van der Waals surface area contributed by atoms with Gasteiger partial charge in [-0.2, -0.15) is 0 Å². The van der Waals surface area contributed by atoms with E-state index in [1.165, 1.54) is 0 Å². The summed E-state index contributed by atoms with van der Waals surface area (Å²) in [7, 11) is 0. The Kier molecular flexibility index (Phi) is 15.0. The van der Waals surface area contributed by atoms with E-state index in [1.54, 1.807) is 6.92 Å². The number of nitrogens with one attached hydrogen (secondary N) is 1. The molecule has 0 aromatic rings. The summed E-state index contributed by atoms with van der Waals surface area (Å²) in [5.41, 5.74) is -0.203. The van der Waals surface area contributed by atoms with Gasteiger partial charge >= 0.3 is 0 Å². The maximum absolute atomic E-state index is 14.7. The van der Waals surface area contributed by atoms with Gasteiger partial charge in [-0.05, 0) is 119 Å². The predicted octanol–water partition coefficient (Wildman–Crippen LogP) is 8.35. The molecule has 0 aromatic heterocycles. The van der Waals surface area contributed by atoms with Gasteiger partial charge in [-0.25, -0.2) is 13.2 Å². The summed E-state index contributed by atoms with van der Waals surface area (Å²) >= 11 is 0. The molecule has 1 amide bonds. The van der Waals surface area contributed by atoms with Crippen molar-refractivity contribution in [2.45, 2.75) is 171 Å². The number of hydrogen-bond donors (Lipinski definition) is 2. The molecular formula is C35H69F3N2O4. The first-order valence-electron chi connectivity index (χ1n) is 16.4. The van der Waals surface area contributed by atoms with Gasteiger partial charge in [-0.15, -0.1) is 0 Å². The van der Waals surface area contributed by atoms with Crippen LogP contribution in [0, 0.1) is 28.6 Å². The van der Waals surface area contributed by atoms with Gasteiger partial charge in [0.2, 0.25) is 5.91 Å². The van der Waals surface area contributed by atoms with Crippen LogP contribution in [0.2, 0.25) is 0 Å². The molecule has 6 nitrogen and oxygen atoms in total. The second-order valence-electron chi connectivity index (χ2n) is 16.9. The number of halogens is 3. The van der Waals surface area contributed by atoms with Crippen molar-refractivity contribution in [2.24, 2.45) is 34.3 Å². The zero-order chi connectivity index (χ0) is 35.3. The highest BCUT2D eigenvalue weighted by Crippen LogP contribution is 2.46. The summed E-state index contributed by atoms with van der Waals surface area (Å²) in [6, 6.07) is -0.452. The van der Waals surface area contributed by atoms with Crippen LogP contribution in [0.25, 0.3) is 0 Å². The van der Waals surface area contributed by atoms with Gasteiger partial charge in [0.1, 0.15) is 5.41 Å². The summed E-state index contributed by atoms with van der Waals surface area (Å²) in [6.07, 6.45) is 1.25. The lowest BCUT2D eigenvalue weighted by Gasteiger charge is -2.43. The van der Waals surface area contributed by atoms with Crippen LogP contribution in [0.1, 0.15) is 131 Å². The molecule has 44 heavy (non-hydrogen) atoms. The van der Waals surface area contributed by atoms with Crippen LogP contribution in [-0.4, -0.2) is 66.2 Å². The third-order valence-electron chi connectivity index (χ3n) is 10.4. The van der Waals surface area contributed by atoms with Crippen molar-refractivity contribution >= 4 is 5.91 Å². The maximum atomic E-state index is 14.7.